The maximum atomic E-state index is 12.9. The van der Waals surface area contributed by atoms with Crippen molar-refractivity contribution in [2.24, 2.45) is 0 Å². The van der Waals surface area contributed by atoms with Gasteiger partial charge in [0.1, 0.15) is 5.82 Å². The zero-order chi connectivity index (χ0) is 27.6. The molecule has 0 bridgehead atoms. The van der Waals surface area contributed by atoms with Crippen molar-refractivity contribution in [2.45, 2.75) is 30.2 Å². The number of sulfone groups is 1. The minimum atomic E-state index is -4.81. The van der Waals surface area contributed by atoms with Crippen LogP contribution in [0.15, 0.2) is 71.8 Å². The molecule has 39 heavy (non-hydrogen) atoms. The zero-order valence-corrected chi connectivity index (χ0v) is 21.7. The molecule has 0 unspecified atom stereocenters. The van der Waals surface area contributed by atoms with Crippen molar-refractivity contribution < 1.29 is 26.7 Å². The van der Waals surface area contributed by atoms with Crippen LogP contribution in [0, 0.1) is 0 Å². The van der Waals surface area contributed by atoms with Crippen LogP contribution in [0.5, 0.6) is 0 Å². The summed E-state index contributed by atoms with van der Waals surface area (Å²) in [7, 11) is -4.81. The molecule has 1 fully saturated rings. The Balaban J connectivity index is 1.33. The molecule has 202 valence electrons. The SMILES string of the molecule is C[C@H]1CN(c2cccc(-c3ccc4cnc(CNC(=O)c5cccc(S(=O)(=O)C(F)F)c5)cc4n3)n2)CCO1. The third kappa shape index (κ3) is 5.86. The summed E-state index contributed by atoms with van der Waals surface area (Å²) >= 11 is 0. The Kier molecular flexibility index (Phi) is 7.49. The largest absolute Gasteiger partial charge is 0.375 e. The minimum Gasteiger partial charge on any atom is -0.375 e. The van der Waals surface area contributed by atoms with Crippen LogP contribution in [0.4, 0.5) is 14.6 Å². The van der Waals surface area contributed by atoms with Crippen LogP contribution in [0.2, 0.25) is 0 Å². The molecule has 0 radical (unpaired) electrons. The maximum Gasteiger partial charge on any atom is 0.341 e. The molecule has 0 saturated carbocycles. The first-order valence-electron chi connectivity index (χ1n) is 12.2. The summed E-state index contributed by atoms with van der Waals surface area (Å²) in [6.07, 6.45) is 1.77. The summed E-state index contributed by atoms with van der Waals surface area (Å²) in [5, 5.41) is 3.44. The standard InChI is InChI=1S/C27H25F2N5O4S/c1-17-16-34(10-11-38-17)25-7-3-6-22(33-25)23-9-8-19-14-30-20(13-24(19)32-23)15-31-26(35)18-4-2-5-21(12-18)39(36,37)27(28)29/h2-9,12-14,17,27H,10-11,15-16H2,1H3,(H,31,35)/t17-/m0/s1. The minimum absolute atomic E-state index is 0.0233. The first-order valence-corrected chi connectivity index (χ1v) is 13.8. The first-order chi connectivity index (χ1) is 18.7. The van der Waals surface area contributed by atoms with Gasteiger partial charge in [0, 0.05) is 30.2 Å². The quantitative estimate of drug-likeness (QED) is 0.367. The van der Waals surface area contributed by atoms with Crippen molar-refractivity contribution in [1.82, 2.24) is 20.3 Å². The molecule has 4 heterocycles. The number of nitrogens with one attached hydrogen (secondary N) is 1. The number of carbonyl (C=O) groups is 1. The molecule has 1 N–H and O–H groups in total. The fourth-order valence-electron chi connectivity index (χ4n) is 4.26. The van der Waals surface area contributed by atoms with Gasteiger partial charge in [-0.05, 0) is 55.5 Å². The van der Waals surface area contributed by atoms with Gasteiger partial charge in [-0.1, -0.05) is 12.1 Å². The smallest absolute Gasteiger partial charge is 0.341 e. The van der Waals surface area contributed by atoms with Gasteiger partial charge in [0.2, 0.25) is 9.84 Å². The number of fused-ring (bicyclic) bond motifs is 1. The van der Waals surface area contributed by atoms with Gasteiger partial charge in [0.25, 0.3) is 5.91 Å². The molecule has 1 saturated heterocycles. The monoisotopic (exact) mass is 553 g/mol. The number of pyridine rings is 3. The molecule has 1 atom stereocenters. The number of benzene rings is 1. The van der Waals surface area contributed by atoms with Crippen LogP contribution >= 0.6 is 0 Å². The topological polar surface area (TPSA) is 114 Å². The van der Waals surface area contributed by atoms with E-state index in [2.05, 4.69) is 15.2 Å². The molecule has 0 spiro atoms. The summed E-state index contributed by atoms with van der Waals surface area (Å²) in [5.41, 5.74) is 2.52. The molecule has 4 aromatic rings. The van der Waals surface area contributed by atoms with Crippen molar-refractivity contribution in [3.05, 3.63) is 78.1 Å². The number of halogens is 2. The lowest BCUT2D eigenvalue weighted by Gasteiger charge is -2.32. The number of alkyl halides is 2. The van der Waals surface area contributed by atoms with Gasteiger partial charge in [-0.15, -0.1) is 0 Å². The highest BCUT2D eigenvalue weighted by Gasteiger charge is 2.27. The van der Waals surface area contributed by atoms with Crippen molar-refractivity contribution in [3.63, 3.8) is 0 Å². The third-order valence-electron chi connectivity index (χ3n) is 6.28. The van der Waals surface area contributed by atoms with Crippen molar-refractivity contribution >= 4 is 32.5 Å². The molecule has 0 aliphatic carbocycles. The number of morpholine rings is 1. The Labute approximate surface area is 223 Å². The lowest BCUT2D eigenvalue weighted by atomic mass is 10.1. The van der Waals surface area contributed by atoms with Crippen LogP contribution in [0.25, 0.3) is 22.3 Å². The van der Waals surface area contributed by atoms with E-state index in [4.69, 9.17) is 14.7 Å². The molecule has 1 aliphatic rings. The van der Waals surface area contributed by atoms with E-state index in [9.17, 15) is 22.0 Å². The number of ether oxygens (including phenoxy) is 1. The number of nitrogens with zero attached hydrogens (tertiary/aromatic N) is 4. The average molecular weight is 554 g/mol. The number of hydrogen-bond donors (Lipinski definition) is 1. The second kappa shape index (κ2) is 11.0. The number of carbonyl (C=O) groups excluding carboxylic acids is 1. The first kappa shape index (κ1) is 26.6. The molecule has 1 aliphatic heterocycles. The Morgan fingerprint density at radius 1 is 1.10 bits per heavy atom. The van der Waals surface area contributed by atoms with Crippen molar-refractivity contribution in [3.8, 4) is 11.4 Å². The van der Waals surface area contributed by atoms with Crippen LogP contribution in [-0.4, -0.2) is 60.8 Å². The van der Waals surface area contributed by atoms with E-state index < -0.39 is 26.4 Å². The number of hydrogen-bond acceptors (Lipinski definition) is 8. The van der Waals surface area contributed by atoms with Gasteiger partial charge in [0.15, 0.2) is 0 Å². The predicted molar refractivity (Wildman–Crippen MR) is 141 cm³/mol. The number of rotatable bonds is 7. The number of anilines is 1. The molecular formula is C27H25F2N5O4S. The Morgan fingerprint density at radius 3 is 2.69 bits per heavy atom. The number of aromatic nitrogens is 3. The van der Waals surface area contributed by atoms with E-state index in [1.807, 2.05) is 37.3 Å². The second-order valence-corrected chi connectivity index (χ2v) is 11.0. The van der Waals surface area contributed by atoms with Crippen LogP contribution in [0.1, 0.15) is 23.0 Å². The van der Waals surface area contributed by atoms with E-state index in [-0.39, 0.29) is 18.2 Å². The fraction of sp³-hybridized carbons (Fsp3) is 0.259. The normalized spacial score (nSPS) is 16.0. The lowest BCUT2D eigenvalue weighted by Crippen LogP contribution is -2.41. The third-order valence-corrected chi connectivity index (χ3v) is 7.66. The van der Waals surface area contributed by atoms with Crippen LogP contribution in [0.3, 0.4) is 0 Å². The molecule has 12 heteroatoms. The van der Waals surface area contributed by atoms with E-state index in [0.717, 1.165) is 42.1 Å². The lowest BCUT2D eigenvalue weighted by molar-refractivity contribution is 0.0529. The van der Waals surface area contributed by atoms with Gasteiger partial charge < -0.3 is 15.0 Å². The maximum absolute atomic E-state index is 12.9. The van der Waals surface area contributed by atoms with Crippen molar-refractivity contribution in [1.29, 1.82) is 0 Å². The second-order valence-electron chi connectivity index (χ2n) is 9.09. The van der Waals surface area contributed by atoms with E-state index in [1.54, 1.807) is 12.3 Å². The Hall–Kier alpha value is -4.03. The van der Waals surface area contributed by atoms with E-state index in [0.29, 0.717) is 23.5 Å². The molecule has 5 rings (SSSR count). The molecular weight excluding hydrogens is 528 g/mol. The van der Waals surface area contributed by atoms with E-state index >= 15 is 0 Å². The highest BCUT2D eigenvalue weighted by molar-refractivity contribution is 7.91. The summed E-state index contributed by atoms with van der Waals surface area (Å²) in [5.74, 6) is -3.34. The van der Waals surface area contributed by atoms with Gasteiger partial charge >= 0.3 is 5.76 Å². The summed E-state index contributed by atoms with van der Waals surface area (Å²) < 4.78 is 54.9. The molecule has 1 amide bonds. The summed E-state index contributed by atoms with van der Waals surface area (Å²) in [6, 6.07) is 15.9. The molecule has 3 aromatic heterocycles. The highest BCUT2D eigenvalue weighted by Crippen LogP contribution is 2.24. The van der Waals surface area contributed by atoms with Gasteiger partial charge in [-0.2, -0.15) is 8.78 Å². The van der Waals surface area contributed by atoms with Gasteiger partial charge in [-0.25, -0.2) is 18.4 Å². The highest BCUT2D eigenvalue weighted by atomic mass is 32.2. The summed E-state index contributed by atoms with van der Waals surface area (Å²) in [6.45, 7) is 4.22. The molecule has 1 aromatic carbocycles. The van der Waals surface area contributed by atoms with E-state index in [1.165, 1.54) is 12.1 Å². The fourth-order valence-corrected chi connectivity index (χ4v) is 5.02. The van der Waals surface area contributed by atoms with Crippen molar-refractivity contribution in [2.75, 3.05) is 24.6 Å². The van der Waals surface area contributed by atoms with Crippen LogP contribution < -0.4 is 10.2 Å². The Bertz CT molecular complexity index is 1630. The predicted octanol–water partition coefficient (Wildman–Crippen LogP) is 3.84. The molecule has 9 nitrogen and oxygen atoms in total. The van der Waals surface area contributed by atoms with Gasteiger partial charge in [-0.3, -0.25) is 9.78 Å². The number of amides is 1. The van der Waals surface area contributed by atoms with Crippen LogP contribution in [-0.2, 0) is 21.1 Å². The van der Waals surface area contributed by atoms with Gasteiger partial charge in [0.05, 0.1) is 46.7 Å². The summed E-state index contributed by atoms with van der Waals surface area (Å²) in [4.78, 5) is 28.1. The Morgan fingerprint density at radius 2 is 1.90 bits per heavy atom. The zero-order valence-electron chi connectivity index (χ0n) is 20.9. The average Bonchev–Trinajstić information content (AvgIpc) is 2.95.